The van der Waals surface area contributed by atoms with Crippen molar-refractivity contribution in [3.63, 3.8) is 0 Å². The van der Waals surface area contributed by atoms with Crippen LogP contribution in [0.4, 0.5) is 13.2 Å². The van der Waals surface area contributed by atoms with Crippen LogP contribution in [0, 0.1) is 17.8 Å². The van der Waals surface area contributed by atoms with Crippen molar-refractivity contribution < 1.29 is 22.7 Å². The maximum absolute atomic E-state index is 12.5. The fraction of sp³-hybridized carbons (Fsp3) is 0.533. The molecule has 1 aromatic carbocycles. The Bertz CT molecular complexity index is 524. The van der Waals surface area contributed by atoms with Crippen molar-refractivity contribution in [1.82, 2.24) is 0 Å². The molecule has 2 saturated carbocycles. The fourth-order valence-electron chi connectivity index (χ4n) is 3.65. The number of hydrogen-bond donors (Lipinski definition) is 0. The number of hydrogen-bond acceptors (Lipinski definition) is 2. The van der Waals surface area contributed by atoms with Gasteiger partial charge in [0.2, 0.25) is 0 Å². The summed E-state index contributed by atoms with van der Waals surface area (Å²) >= 11 is 0. The number of ketones is 1. The van der Waals surface area contributed by atoms with Gasteiger partial charge in [-0.1, -0.05) is 18.6 Å². The predicted octanol–water partition coefficient (Wildman–Crippen LogP) is 4.20. The molecular weight excluding hydrogens is 269 g/mol. The first kappa shape index (κ1) is 13.5. The monoisotopic (exact) mass is 284 g/mol. The van der Waals surface area contributed by atoms with Gasteiger partial charge in [-0.25, -0.2) is 0 Å². The molecule has 20 heavy (non-hydrogen) atoms. The first-order chi connectivity index (χ1) is 9.44. The summed E-state index contributed by atoms with van der Waals surface area (Å²) in [6.07, 6.45) is -0.758. The summed E-state index contributed by atoms with van der Waals surface area (Å²) < 4.78 is 41.1. The Morgan fingerprint density at radius 3 is 2.50 bits per heavy atom. The summed E-state index contributed by atoms with van der Waals surface area (Å²) in [5, 5.41) is 0. The second-order valence-corrected chi connectivity index (χ2v) is 5.69. The van der Waals surface area contributed by atoms with Crippen LogP contribution in [-0.4, -0.2) is 12.1 Å². The van der Waals surface area contributed by atoms with Crippen molar-refractivity contribution in [1.29, 1.82) is 0 Å². The summed E-state index contributed by atoms with van der Waals surface area (Å²) in [5.74, 6) is 0.202. The molecule has 0 aromatic heterocycles. The molecule has 2 fully saturated rings. The first-order valence-corrected chi connectivity index (χ1v) is 6.83. The number of para-hydroxylation sites is 1. The third-order valence-corrected chi connectivity index (χ3v) is 4.45. The summed E-state index contributed by atoms with van der Waals surface area (Å²) in [4.78, 5) is 12.5. The van der Waals surface area contributed by atoms with Gasteiger partial charge in [0.15, 0.2) is 5.78 Å². The Morgan fingerprint density at radius 1 is 1.15 bits per heavy atom. The van der Waals surface area contributed by atoms with E-state index in [0.717, 1.165) is 25.7 Å². The third kappa shape index (κ3) is 2.53. The molecule has 2 aliphatic carbocycles. The lowest BCUT2D eigenvalue weighted by molar-refractivity contribution is -0.274. The molecule has 3 atom stereocenters. The molecule has 108 valence electrons. The average molecular weight is 284 g/mol. The molecule has 3 rings (SSSR count). The number of Topliss-reactive ketones (excluding diaryl/α,β-unsaturated/α-hetero) is 1. The smallest absolute Gasteiger partial charge is 0.405 e. The molecule has 0 aliphatic heterocycles. The molecule has 0 amide bonds. The van der Waals surface area contributed by atoms with Crippen LogP contribution in [0.3, 0.4) is 0 Å². The number of alkyl halides is 3. The van der Waals surface area contributed by atoms with Gasteiger partial charge in [0, 0.05) is 5.92 Å². The second kappa shape index (κ2) is 4.79. The molecule has 2 aliphatic rings. The Hall–Kier alpha value is -1.52. The van der Waals surface area contributed by atoms with Crippen molar-refractivity contribution in [2.24, 2.45) is 17.8 Å². The van der Waals surface area contributed by atoms with Crippen LogP contribution in [0.5, 0.6) is 5.75 Å². The zero-order valence-corrected chi connectivity index (χ0v) is 10.8. The molecule has 0 spiro atoms. The van der Waals surface area contributed by atoms with Crippen LogP contribution >= 0.6 is 0 Å². The number of rotatable bonds is 3. The van der Waals surface area contributed by atoms with E-state index in [-0.39, 0.29) is 23.0 Å². The second-order valence-electron chi connectivity index (χ2n) is 5.69. The average Bonchev–Trinajstić information content (AvgIpc) is 2.99. The fourth-order valence-corrected chi connectivity index (χ4v) is 3.65. The lowest BCUT2D eigenvalue weighted by Gasteiger charge is -2.21. The molecule has 2 bridgehead atoms. The van der Waals surface area contributed by atoms with E-state index in [1.807, 2.05) is 0 Å². The number of carbonyl (C=O) groups excluding carboxylic acids is 1. The number of fused-ring (bicyclic) bond motifs is 2. The molecule has 0 saturated heterocycles. The Morgan fingerprint density at radius 2 is 1.90 bits per heavy atom. The topological polar surface area (TPSA) is 26.3 Å². The normalized spacial score (nSPS) is 28.6. The number of carbonyl (C=O) groups is 1. The largest absolute Gasteiger partial charge is 0.573 e. The molecule has 5 heteroatoms. The highest BCUT2D eigenvalue weighted by Crippen LogP contribution is 2.49. The van der Waals surface area contributed by atoms with E-state index < -0.39 is 6.36 Å². The van der Waals surface area contributed by atoms with E-state index in [1.165, 1.54) is 18.2 Å². The van der Waals surface area contributed by atoms with Gasteiger partial charge in [-0.05, 0) is 43.2 Å². The minimum Gasteiger partial charge on any atom is -0.405 e. The maximum Gasteiger partial charge on any atom is 0.573 e. The Balaban J connectivity index is 1.84. The van der Waals surface area contributed by atoms with Crippen LogP contribution in [-0.2, 0) is 0 Å². The third-order valence-electron chi connectivity index (χ3n) is 4.45. The van der Waals surface area contributed by atoms with Gasteiger partial charge in [0.1, 0.15) is 5.75 Å². The van der Waals surface area contributed by atoms with Gasteiger partial charge in [-0.3, -0.25) is 4.79 Å². The lowest BCUT2D eigenvalue weighted by atomic mass is 9.83. The zero-order valence-electron chi connectivity index (χ0n) is 10.8. The molecule has 0 N–H and O–H groups in total. The highest BCUT2D eigenvalue weighted by Gasteiger charge is 2.44. The van der Waals surface area contributed by atoms with Crippen molar-refractivity contribution in [3.05, 3.63) is 29.8 Å². The molecule has 0 heterocycles. The van der Waals surface area contributed by atoms with Gasteiger partial charge in [-0.15, -0.1) is 13.2 Å². The summed E-state index contributed by atoms with van der Waals surface area (Å²) in [6.45, 7) is 0. The van der Waals surface area contributed by atoms with Gasteiger partial charge in [0.25, 0.3) is 0 Å². The van der Waals surface area contributed by atoms with Crippen LogP contribution in [0.15, 0.2) is 24.3 Å². The van der Waals surface area contributed by atoms with Crippen LogP contribution in [0.1, 0.15) is 36.0 Å². The number of ether oxygens (including phenoxy) is 1. The maximum atomic E-state index is 12.5. The van der Waals surface area contributed by atoms with Gasteiger partial charge in [-0.2, -0.15) is 0 Å². The minimum absolute atomic E-state index is 0.0578. The van der Waals surface area contributed by atoms with Gasteiger partial charge < -0.3 is 4.74 Å². The summed E-state index contributed by atoms with van der Waals surface area (Å²) in [5.41, 5.74) is 0.0578. The number of benzene rings is 1. The molecule has 0 radical (unpaired) electrons. The van der Waals surface area contributed by atoms with Gasteiger partial charge in [0.05, 0.1) is 5.56 Å². The Labute approximate surface area is 114 Å². The van der Waals surface area contributed by atoms with Crippen LogP contribution < -0.4 is 4.74 Å². The van der Waals surface area contributed by atoms with Crippen molar-refractivity contribution in [2.75, 3.05) is 0 Å². The van der Waals surface area contributed by atoms with Crippen LogP contribution in [0.2, 0.25) is 0 Å². The predicted molar refractivity (Wildman–Crippen MR) is 66.4 cm³/mol. The van der Waals surface area contributed by atoms with E-state index in [4.69, 9.17) is 0 Å². The Kier molecular flexibility index (Phi) is 3.22. The summed E-state index contributed by atoms with van der Waals surface area (Å²) in [7, 11) is 0. The highest BCUT2D eigenvalue weighted by atomic mass is 19.4. The molecular formula is C15H15F3O2. The van der Waals surface area contributed by atoms with E-state index in [1.54, 1.807) is 6.07 Å². The molecule has 1 aromatic rings. The highest BCUT2D eigenvalue weighted by molar-refractivity contribution is 6.00. The molecule has 2 nitrogen and oxygen atoms in total. The van der Waals surface area contributed by atoms with E-state index in [9.17, 15) is 18.0 Å². The van der Waals surface area contributed by atoms with Crippen molar-refractivity contribution in [3.8, 4) is 5.75 Å². The number of halogens is 3. The summed E-state index contributed by atoms with van der Waals surface area (Å²) in [6, 6.07) is 5.64. The van der Waals surface area contributed by atoms with Crippen LogP contribution in [0.25, 0.3) is 0 Å². The minimum atomic E-state index is -4.77. The first-order valence-electron chi connectivity index (χ1n) is 6.83. The standard InChI is InChI=1S/C15H15F3O2/c16-15(17,18)20-13-4-2-1-3-11(13)14(19)12-8-9-5-6-10(12)7-9/h1-4,9-10,12H,5-8H2. The molecule has 3 unspecified atom stereocenters. The SMILES string of the molecule is O=C(c1ccccc1OC(F)(F)F)C1CC2CCC1C2. The van der Waals surface area contributed by atoms with Crippen molar-refractivity contribution >= 4 is 5.78 Å². The zero-order chi connectivity index (χ0) is 14.3. The van der Waals surface area contributed by atoms with Gasteiger partial charge >= 0.3 is 6.36 Å². The lowest BCUT2D eigenvalue weighted by Crippen LogP contribution is -2.24. The van der Waals surface area contributed by atoms with E-state index in [0.29, 0.717) is 11.8 Å². The van der Waals surface area contributed by atoms with E-state index >= 15 is 0 Å². The van der Waals surface area contributed by atoms with E-state index in [2.05, 4.69) is 4.74 Å². The van der Waals surface area contributed by atoms with Crippen molar-refractivity contribution in [2.45, 2.75) is 32.0 Å². The quantitative estimate of drug-likeness (QED) is 0.777.